The Kier molecular flexibility index (Phi) is 9.07. The van der Waals surface area contributed by atoms with Gasteiger partial charge in [-0.3, -0.25) is 4.79 Å². The van der Waals surface area contributed by atoms with E-state index in [9.17, 15) is 26.7 Å². The number of amides is 1. The van der Waals surface area contributed by atoms with Gasteiger partial charge in [0.05, 0.1) is 22.3 Å². The van der Waals surface area contributed by atoms with Crippen molar-refractivity contribution in [2.45, 2.75) is 0 Å². The van der Waals surface area contributed by atoms with Gasteiger partial charge in [-0.1, -0.05) is 27.5 Å². The molecule has 0 radical (unpaired) electrons. The first-order chi connectivity index (χ1) is 18.5. The van der Waals surface area contributed by atoms with E-state index in [0.717, 1.165) is 13.8 Å². The van der Waals surface area contributed by atoms with Gasteiger partial charge in [0.1, 0.15) is 11.4 Å². The molecule has 0 atom stereocenters. The lowest BCUT2D eigenvalue weighted by Crippen LogP contribution is -2.47. The number of carbonyl (C=O) groups excluding carboxylic acids is 1. The number of rotatable bonds is 6. The van der Waals surface area contributed by atoms with E-state index in [1.807, 2.05) is 11.0 Å². The zero-order chi connectivity index (χ0) is 28.4. The molecule has 3 aromatic carbocycles. The Labute approximate surface area is 242 Å². The molecule has 206 valence electrons. The number of hydrogen-bond acceptors (Lipinski definition) is 4. The average Bonchev–Trinajstić information content (AvgIpc) is 2.90. The molecule has 0 aliphatic carbocycles. The van der Waals surface area contributed by atoms with Crippen molar-refractivity contribution >= 4 is 72.5 Å². The maximum Gasteiger partial charge on any atom is 0.248 e. The van der Waals surface area contributed by atoms with Crippen molar-refractivity contribution < 1.29 is 31.5 Å². The van der Waals surface area contributed by atoms with Gasteiger partial charge in [0.2, 0.25) is 11.7 Å². The number of hydrogen-bond donors (Lipinski definition) is 1. The minimum Gasteiger partial charge on any atom is -0.495 e. The molecule has 0 unspecified atom stereocenters. The van der Waals surface area contributed by atoms with Crippen LogP contribution in [-0.4, -0.2) is 39.2 Å². The Morgan fingerprint density at radius 2 is 1.51 bits per heavy atom. The standard InChI is InChI=1S/C26H19Br2ClF5N3O2/c1-39-26-13(10-14(27)11-16(26)28)2-5-19(38)35-15-3-4-18(17(29)12-15)36-6-8-37(9-7-36)25-23(33)21(31)20(30)22(32)24(25)34/h2-5,10-12H,6-9H2,1H3,(H,35,38)/b5-2+. The highest BCUT2D eigenvalue weighted by Crippen LogP contribution is 2.35. The summed E-state index contributed by atoms with van der Waals surface area (Å²) in [6.45, 7) is 0.398. The molecule has 1 aliphatic rings. The van der Waals surface area contributed by atoms with Crippen molar-refractivity contribution in [1.82, 2.24) is 0 Å². The van der Waals surface area contributed by atoms with Gasteiger partial charge < -0.3 is 19.9 Å². The van der Waals surface area contributed by atoms with E-state index in [0.29, 0.717) is 27.7 Å². The van der Waals surface area contributed by atoms with Gasteiger partial charge in [0, 0.05) is 48.0 Å². The van der Waals surface area contributed by atoms with E-state index in [1.54, 1.807) is 30.3 Å². The zero-order valence-electron chi connectivity index (χ0n) is 20.1. The summed E-state index contributed by atoms with van der Waals surface area (Å²) in [6, 6.07) is 8.47. The Bertz CT molecular complexity index is 1440. The van der Waals surface area contributed by atoms with Crippen molar-refractivity contribution in [3.05, 3.63) is 85.0 Å². The largest absolute Gasteiger partial charge is 0.495 e. The number of anilines is 3. The molecular formula is C26H19Br2ClF5N3O2. The molecular weight excluding hydrogens is 677 g/mol. The number of carbonyl (C=O) groups is 1. The maximum absolute atomic E-state index is 14.2. The fourth-order valence-electron chi connectivity index (χ4n) is 4.15. The van der Waals surface area contributed by atoms with E-state index in [2.05, 4.69) is 37.2 Å². The van der Waals surface area contributed by atoms with Gasteiger partial charge >= 0.3 is 0 Å². The minimum absolute atomic E-state index is 0.00681. The number of methoxy groups -OCH3 is 1. The highest BCUT2D eigenvalue weighted by Gasteiger charge is 2.31. The summed E-state index contributed by atoms with van der Waals surface area (Å²) in [6.07, 6.45) is 2.95. The van der Waals surface area contributed by atoms with Crippen molar-refractivity contribution in [2.24, 2.45) is 0 Å². The van der Waals surface area contributed by atoms with Crippen LogP contribution >= 0.6 is 43.5 Å². The summed E-state index contributed by atoms with van der Waals surface area (Å²) in [7, 11) is 1.52. The molecule has 4 rings (SSSR count). The molecule has 0 bridgehead atoms. The molecule has 0 saturated carbocycles. The molecule has 0 spiro atoms. The first-order valence-corrected chi connectivity index (χ1v) is 13.3. The Balaban J connectivity index is 1.42. The highest BCUT2D eigenvalue weighted by molar-refractivity contribution is 9.11. The molecule has 0 aromatic heterocycles. The first-order valence-electron chi connectivity index (χ1n) is 11.3. The summed E-state index contributed by atoms with van der Waals surface area (Å²) >= 11 is 13.2. The van der Waals surface area contributed by atoms with Crippen molar-refractivity contribution in [3.63, 3.8) is 0 Å². The summed E-state index contributed by atoms with van der Waals surface area (Å²) < 4.78 is 75.9. The number of ether oxygens (including phenoxy) is 1. The van der Waals surface area contributed by atoms with E-state index < -0.39 is 40.7 Å². The first kappa shape index (κ1) is 29.2. The second kappa shape index (κ2) is 12.1. The average molecular weight is 696 g/mol. The highest BCUT2D eigenvalue weighted by atomic mass is 79.9. The SMILES string of the molecule is COc1c(Br)cc(Br)cc1/C=C/C(=O)Nc1ccc(N2CCN(c3c(F)c(F)c(F)c(F)c3F)CC2)c(Cl)c1. The molecule has 3 aromatic rings. The van der Waals surface area contributed by atoms with Crippen LogP contribution in [0.3, 0.4) is 0 Å². The monoisotopic (exact) mass is 693 g/mol. The van der Waals surface area contributed by atoms with Crippen LogP contribution < -0.4 is 19.9 Å². The van der Waals surface area contributed by atoms with Crippen LogP contribution in [0.15, 0.2) is 45.4 Å². The van der Waals surface area contributed by atoms with Crippen LogP contribution in [0.1, 0.15) is 5.56 Å². The predicted octanol–water partition coefficient (Wildman–Crippen LogP) is 7.55. The number of piperazine rings is 1. The normalized spacial score (nSPS) is 13.8. The zero-order valence-corrected chi connectivity index (χ0v) is 24.0. The number of nitrogens with one attached hydrogen (secondary N) is 1. The topological polar surface area (TPSA) is 44.8 Å². The number of nitrogens with zero attached hydrogens (tertiary/aromatic N) is 2. The fraction of sp³-hybridized carbons (Fsp3) is 0.192. The third kappa shape index (κ3) is 6.17. The maximum atomic E-state index is 14.2. The fourth-order valence-corrected chi connectivity index (χ4v) is 5.87. The lowest BCUT2D eigenvalue weighted by Gasteiger charge is -2.38. The minimum atomic E-state index is -2.19. The summed E-state index contributed by atoms with van der Waals surface area (Å²) in [5.74, 6) is -9.72. The Morgan fingerprint density at radius 1 is 0.923 bits per heavy atom. The van der Waals surface area contributed by atoms with Gasteiger partial charge in [0.15, 0.2) is 23.3 Å². The summed E-state index contributed by atoms with van der Waals surface area (Å²) in [5, 5.41) is 3.02. The second-order valence-corrected chi connectivity index (χ2v) is 10.6. The van der Waals surface area contributed by atoms with Crippen LogP contribution in [-0.2, 0) is 4.79 Å². The third-order valence-electron chi connectivity index (χ3n) is 5.99. The summed E-state index contributed by atoms with van der Waals surface area (Å²) in [4.78, 5) is 15.4. The Morgan fingerprint density at radius 3 is 2.10 bits per heavy atom. The molecule has 1 aliphatic heterocycles. The van der Waals surface area contributed by atoms with E-state index in [4.69, 9.17) is 16.3 Å². The van der Waals surface area contributed by atoms with Crippen molar-refractivity contribution in [1.29, 1.82) is 0 Å². The van der Waals surface area contributed by atoms with Gasteiger partial charge in [-0.05, 0) is 52.3 Å². The van der Waals surface area contributed by atoms with Gasteiger partial charge in [-0.2, -0.15) is 0 Å². The predicted molar refractivity (Wildman–Crippen MR) is 148 cm³/mol. The van der Waals surface area contributed by atoms with Crippen molar-refractivity contribution in [3.8, 4) is 5.75 Å². The van der Waals surface area contributed by atoms with Crippen LogP contribution in [0.4, 0.5) is 39.0 Å². The molecule has 39 heavy (non-hydrogen) atoms. The van der Waals surface area contributed by atoms with E-state index in [1.165, 1.54) is 13.2 Å². The van der Waals surface area contributed by atoms with Crippen LogP contribution in [0.5, 0.6) is 5.75 Å². The number of benzene rings is 3. The van der Waals surface area contributed by atoms with Crippen molar-refractivity contribution in [2.75, 3.05) is 48.4 Å². The van der Waals surface area contributed by atoms with Crippen LogP contribution in [0.25, 0.3) is 6.08 Å². The molecule has 13 heteroatoms. The Hall–Kier alpha value is -2.83. The molecule has 1 heterocycles. The van der Waals surface area contributed by atoms with Gasteiger partial charge in [0.25, 0.3) is 0 Å². The van der Waals surface area contributed by atoms with Crippen LogP contribution in [0.2, 0.25) is 5.02 Å². The molecule has 1 fully saturated rings. The quantitative estimate of drug-likeness (QED) is 0.125. The number of halogens is 8. The molecule has 1 amide bonds. The lowest BCUT2D eigenvalue weighted by molar-refractivity contribution is -0.111. The molecule has 1 N–H and O–H groups in total. The molecule has 1 saturated heterocycles. The molecule has 5 nitrogen and oxygen atoms in total. The third-order valence-corrected chi connectivity index (χ3v) is 7.34. The van der Waals surface area contributed by atoms with E-state index in [-0.39, 0.29) is 26.2 Å². The summed E-state index contributed by atoms with van der Waals surface area (Å²) in [5.41, 5.74) is 0.746. The van der Waals surface area contributed by atoms with E-state index >= 15 is 0 Å². The van der Waals surface area contributed by atoms with Crippen LogP contribution in [0, 0.1) is 29.1 Å². The second-order valence-electron chi connectivity index (χ2n) is 8.39. The van der Waals surface area contributed by atoms with Gasteiger partial charge in [-0.25, -0.2) is 22.0 Å². The van der Waals surface area contributed by atoms with Gasteiger partial charge in [-0.15, -0.1) is 0 Å². The lowest BCUT2D eigenvalue weighted by atomic mass is 10.1. The smallest absolute Gasteiger partial charge is 0.248 e.